The third-order valence-corrected chi connectivity index (χ3v) is 1.02. The summed E-state index contributed by atoms with van der Waals surface area (Å²) in [7, 11) is 0. The van der Waals surface area contributed by atoms with Crippen molar-refractivity contribution in [1.82, 2.24) is 4.98 Å². The molecule has 0 saturated carbocycles. The van der Waals surface area contributed by atoms with Crippen molar-refractivity contribution in [2.24, 2.45) is 0 Å². The predicted molar refractivity (Wildman–Crippen MR) is 31.1 cm³/mol. The number of carbonyl (C=O) groups is 1. The summed E-state index contributed by atoms with van der Waals surface area (Å²) in [5.41, 5.74) is -0.510. The van der Waals surface area contributed by atoms with Gasteiger partial charge in [-0.2, -0.15) is 4.39 Å². The highest BCUT2D eigenvalue weighted by Gasteiger charge is 2.08. The van der Waals surface area contributed by atoms with Crippen molar-refractivity contribution in [3.63, 3.8) is 0 Å². The largest absolute Gasteiger partial charge is 0.477 e. The summed E-state index contributed by atoms with van der Waals surface area (Å²) in [6.07, 6.45) is 0. The summed E-state index contributed by atoms with van der Waals surface area (Å²) in [5.74, 6) is -3.94. The van der Waals surface area contributed by atoms with E-state index in [1.807, 2.05) is 0 Å². The third kappa shape index (κ3) is 1.49. The van der Waals surface area contributed by atoms with Gasteiger partial charge in [0, 0.05) is 0 Å². The summed E-state index contributed by atoms with van der Waals surface area (Å²) in [5, 5.41) is 8.25. The Hall–Kier alpha value is -1.52. The molecular formula is C6H3F2NO2. The molecule has 1 aromatic rings. The van der Waals surface area contributed by atoms with Crippen LogP contribution in [0, 0.1) is 11.8 Å². The van der Waals surface area contributed by atoms with Crippen LogP contribution in [0.2, 0.25) is 0 Å². The van der Waals surface area contributed by atoms with Crippen LogP contribution < -0.4 is 0 Å². The van der Waals surface area contributed by atoms with E-state index in [2.05, 4.69) is 4.98 Å². The van der Waals surface area contributed by atoms with Gasteiger partial charge in [0.25, 0.3) is 0 Å². The maximum Gasteiger partial charge on any atom is 0.354 e. The van der Waals surface area contributed by atoms with Gasteiger partial charge in [-0.15, -0.1) is 0 Å². The Kier molecular flexibility index (Phi) is 1.80. The van der Waals surface area contributed by atoms with Crippen LogP contribution in [0.1, 0.15) is 10.5 Å². The Morgan fingerprint density at radius 2 is 2.09 bits per heavy atom. The van der Waals surface area contributed by atoms with Crippen molar-refractivity contribution in [2.45, 2.75) is 0 Å². The SMILES string of the molecule is O=C(O)c1ccc(F)c(F)n1. The van der Waals surface area contributed by atoms with E-state index in [0.29, 0.717) is 6.07 Å². The lowest BCUT2D eigenvalue weighted by Gasteiger charge is -1.93. The lowest BCUT2D eigenvalue weighted by Crippen LogP contribution is -2.02. The number of carboxylic acid groups (broad SMARTS) is 1. The van der Waals surface area contributed by atoms with E-state index < -0.39 is 23.4 Å². The van der Waals surface area contributed by atoms with Crippen LogP contribution in [0.3, 0.4) is 0 Å². The molecule has 1 rings (SSSR count). The first-order chi connectivity index (χ1) is 5.11. The minimum atomic E-state index is -1.40. The summed E-state index contributed by atoms with van der Waals surface area (Å²) >= 11 is 0. The third-order valence-electron chi connectivity index (χ3n) is 1.02. The van der Waals surface area contributed by atoms with E-state index in [9.17, 15) is 13.6 Å². The molecule has 11 heavy (non-hydrogen) atoms. The molecule has 0 aliphatic carbocycles. The second-order valence-electron chi connectivity index (χ2n) is 1.77. The Morgan fingerprint density at radius 1 is 1.45 bits per heavy atom. The normalized spacial score (nSPS) is 9.64. The lowest BCUT2D eigenvalue weighted by molar-refractivity contribution is 0.0689. The van der Waals surface area contributed by atoms with Gasteiger partial charge >= 0.3 is 5.97 Å². The molecule has 1 heterocycles. The number of carboxylic acids is 1. The van der Waals surface area contributed by atoms with Crippen molar-refractivity contribution < 1.29 is 18.7 Å². The molecule has 0 unspecified atom stereocenters. The number of rotatable bonds is 1. The van der Waals surface area contributed by atoms with E-state index in [1.54, 1.807) is 0 Å². The van der Waals surface area contributed by atoms with Crippen molar-refractivity contribution in [2.75, 3.05) is 0 Å². The average molecular weight is 159 g/mol. The van der Waals surface area contributed by atoms with Gasteiger partial charge < -0.3 is 5.11 Å². The second kappa shape index (κ2) is 2.61. The Balaban J connectivity index is 3.15. The number of hydrogen-bond acceptors (Lipinski definition) is 2. The molecular weight excluding hydrogens is 156 g/mol. The molecule has 0 aliphatic rings. The summed E-state index contributed by atoms with van der Waals surface area (Å²) < 4.78 is 24.3. The highest BCUT2D eigenvalue weighted by molar-refractivity contribution is 5.85. The lowest BCUT2D eigenvalue weighted by atomic mass is 10.3. The van der Waals surface area contributed by atoms with Crippen LogP contribution in [0.5, 0.6) is 0 Å². The minimum absolute atomic E-state index is 0.510. The number of nitrogens with zero attached hydrogens (tertiary/aromatic N) is 1. The molecule has 0 fully saturated rings. The zero-order valence-corrected chi connectivity index (χ0v) is 5.21. The van der Waals surface area contributed by atoms with Crippen LogP contribution >= 0.6 is 0 Å². The van der Waals surface area contributed by atoms with E-state index in [0.717, 1.165) is 6.07 Å². The highest BCUT2D eigenvalue weighted by atomic mass is 19.2. The van der Waals surface area contributed by atoms with Gasteiger partial charge in [0.15, 0.2) is 11.5 Å². The van der Waals surface area contributed by atoms with Crippen molar-refractivity contribution in [1.29, 1.82) is 0 Å². The number of pyridine rings is 1. The molecule has 0 amide bonds. The average Bonchev–Trinajstić information content (AvgIpc) is 1.94. The summed E-state index contributed by atoms with van der Waals surface area (Å²) in [6.45, 7) is 0. The van der Waals surface area contributed by atoms with E-state index in [4.69, 9.17) is 5.11 Å². The first-order valence-corrected chi connectivity index (χ1v) is 2.66. The van der Waals surface area contributed by atoms with Gasteiger partial charge in [0.1, 0.15) is 0 Å². The Bertz CT molecular complexity index is 301. The van der Waals surface area contributed by atoms with Gasteiger partial charge in [0.2, 0.25) is 5.95 Å². The fraction of sp³-hybridized carbons (Fsp3) is 0. The number of hydrogen-bond donors (Lipinski definition) is 1. The van der Waals surface area contributed by atoms with Crippen LogP contribution in [0.4, 0.5) is 8.78 Å². The zero-order chi connectivity index (χ0) is 8.43. The number of aromatic nitrogens is 1. The van der Waals surface area contributed by atoms with Crippen LogP contribution in [0.15, 0.2) is 12.1 Å². The molecule has 0 aliphatic heterocycles. The topological polar surface area (TPSA) is 50.2 Å². The molecule has 0 radical (unpaired) electrons. The molecule has 0 bridgehead atoms. The fourth-order valence-electron chi connectivity index (χ4n) is 0.536. The van der Waals surface area contributed by atoms with Crippen LogP contribution in [0.25, 0.3) is 0 Å². The monoisotopic (exact) mass is 159 g/mol. The Labute approximate surface area is 60.3 Å². The molecule has 1 aromatic heterocycles. The van der Waals surface area contributed by atoms with E-state index in [-0.39, 0.29) is 0 Å². The molecule has 3 nitrogen and oxygen atoms in total. The highest BCUT2D eigenvalue weighted by Crippen LogP contribution is 2.03. The molecule has 0 spiro atoms. The molecule has 1 N–H and O–H groups in total. The van der Waals surface area contributed by atoms with Crippen molar-refractivity contribution in [3.8, 4) is 0 Å². The maximum absolute atomic E-state index is 12.2. The molecule has 0 aromatic carbocycles. The zero-order valence-electron chi connectivity index (χ0n) is 5.21. The van der Waals surface area contributed by atoms with Gasteiger partial charge in [-0.1, -0.05) is 0 Å². The molecule has 58 valence electrons. The summed E-state index contributed by atoms with van der Waals surface area (Å²) in [6, 6.07) is 1.60. The quantitative estimate of drug-likeness (QED) is 0.623. The minimum Gasteiger partial charge on any atom is -0.477 e. The molecule has 5 heteroatoms. The number of aromatic carboxylic acids is 1. The first-order valence-electron chi connectivity index (χ1n) is 2.66. The van der Waals surface area contributed by atoms with Crippen molar-refractivity contribution >= 4 is 5.97 Å². The van der Waals surface area contributed by atoms with Gasteiger partial charge in [-0.3, -0.25) is 0 Å². The fourth-order valence-corrected chi connectivity index (χ4v) is 0.536. The van der Waals surface area contributed by atoms with E-state index in [1.165, 1.54) is 0 Å². The van der Waals surface area contributed by atoms with Crippen LogP contribution in [-0.4, -0.2) is 16.1 Å². The predicted octanol–water partition coefficient (Wildman–Crippen LogP) is 1.06. The van der Waals surface area contributed by atoms with E-state index >= 15 is 0 Å². The maximum atomic E-state index is 12.2. The number of halogens is 2. The molecule has 0 atom stereocenters. The van der Waals surface area contributed by atoms with Gasteiger partial charge in [0.05, 0.1) is 0 Å². The Morgan fingerprint density at radius 3 is 2.55 bits per heavy atom. The van der Waals surface area contributed by atoms with Gasteiger partial charge in [-0.05, 0) is 12.1 Å². The van der Waals surface area contributed by atoms with Crippen molar-refractivity contribution in [3.05, 3.63) is 29.6 Å². The van der Waals surface area contributed by atoms with Crippen LogP contribution in [-0.2, 0) is 0 Å². The standard InChI is InChI=1S/C6H3F2NO2/c7-3-1-2-4(6(10)11)9-5(3)8/h1-2H,(H,10,11). The van der Waals surface area contributed by atoms with Gasteiger partial charge in [-0.25, -0.2) is 14.2 Å². The summed E-state index contributed by atoms with van der Waals surface area (Å²) in [4.78, 5) is 12.9. The first kappa shape index (κ1) is 7.59. The molecule has 0 saturated heterocycles. The smallest absolute Gasteiger partial charge is 0.354 e. The second-order valence-corrected chi connectivity index (χ2v) is 1.77.